The van der Waals surface area contributed by atoms with E-state index in [1.807, 2.05) is 25.1 Å². The topological polar surface area (TPSA) is 26.0 Å². The Labute approximate surface area is 119 Å². The summed E-state index contributed by atoms with van der Waals surface area (Å²) in [4.78, 5) is 0. The van der Waals surface area contributed by atoms with Crippen molar-refractivity contribution in [2.75, 3.05) is 0 Å². The van der Waals surface area contributed by atoms with Crippen molar-refractivity contribution in [1.82, 2.24) is 0 Å². The lowest BCUT2D eigenvalue weighted by Crippen LogP contribution is -2.14. The molecule has 0 saturated carbocycles. The molecule has 19 heavy (non-hydrogen) atoms. The third kappa shape index (κ3) is 3.39. The fourth-order valence-electron chi connectivity index (χ4n) is 1.98. The van der Waals surface area contributed by atoms with Crippen LogP contribution < -0.4 is 5.73 Å². The average molecular weight is 326 g/mol. The van der Waals surface area contributed by atoms with Crippen LogP contribution in [0.4, 0.5) is 8.78 Å². The number of rotatable bonds is 3. The molecule has 0 bridgehead atoms. The third-order valence-electron chi connectivity index (χ3n) is 2.99. The second-order valence-electron chi connectivity index (χ2n) is 4.58. The van der Waals surface area contributed by atoms with Crippen LogP contribution in [0.25, 0.3) is 0 Å². The van der Waals surface area contributed by atoms with Crippen LogP contribution in [0.1, 0.15) is 22.7 Å². The van der Waals surface area contributed by atoms with Crippen molar-refractivity contribution in [2.45, 2.75) is 19.4 Å². The predicted molar refractivity (Wildman–Crippen MR) is 75.9 cm³/mol. The average Bonchev–Trinajstić information content (AvgIpc) is 2.36. The van der Waals surface area contributed by atoms with Gasteiger partial charge < -0.3 is 5.73 Å². The van der Waals surface area contributed by atoms with Gasteiger partial charge in [0.1, 0.15) is 0 Å². The summed E-state index contributed by atoms with van der Waals surface area (Å²) in [5, 5.41) is 0. The Bertz CT molecular complexity index is 599. The highest BCUT2D eigenvalue weighted by Gasteiger charge is 2.12. The van der Waals surface area contributed by atoms with E-state index in [9.17, 15) is 8.78 Å². The van der Waals surface area contributed by atoms with Crippen LogP contribution in [0.15, 0.2) is 40.9 Å². The first-order valence-electron chi connectivity index (χ1n) is 5.93. The van der Waals surface area contributed by atoms with Gasteiger partial charge >= 0.3 is 0 Å². The molecular weight excluding hydrogens is 312 g/mol. The first-order chi connectivity index (χ1) is 8.97. The molecule has 1 nitrogen and oxygen atoms in total. The van der Waals surface area contributed by atoms with Crippen molar-refractivity contribution >= 4 is 15.9 Å². The van der Waals surface area contributed by atoms with Gasteiger partial charge in [-0.3, -0.25) is 0 Å². The molecule has 1 atom stereocenters. The van der Waals surface area contributed by atoms with Gasteiger partial charge in [-0.1, -0.05) is 39.7 Å². The van der Waals surface area contributed by atoms with E-state index < -0.39 is 11.6 Å². The number of nitrogens with two attached hydrogens (primary N) is 1. The zero-order valence-electron chi connectivity index (χ0n) is 10.5. The van der Waals surface area contributed by atoms with E-state index in [4.69, 9.17) is 5.73 Å². The molecule has 0 saturated heterocycles. The molecule has 0 aliphatic heterocycles. The Balaban J connectivity index is 2.22. The highest BCUT2D eigenvalue weighted by Crippen LogP contribution is 2.26. The van der Waals surface area contributed by atoms with E-state index in [0.29, 0.717) is 12.0 Å². The van der Waals surface area contributed by atoms with Crippen LogP contribution in [-0.4, -0.2) is 0 Å². The van der Waals surface area contributed by atoms with Crippen molar-refractivity contribution in [3.05, 3.63) is 69.2 Å². The number of halogens is 3. The predicted octanol–water partition coefficient (Wildman–Crippen LogP) is 4.28. The van der Waals surface area contributed by atoms with Crippen LogP contribution in [0, 0.1) is 18.6 Å². The highest BCUT2D eigenvalue weighted by atomic mass is 79.9. The summed E-state index contributed by atoms with van der Waals surface area (Å²) in [7, 11) is 0. The molecule has 2 aromatic carbocycles. The smallest absolute Gasteiger partial charge is 0.159 e. The first-order valence-corrected chi connectivity index (χ1v) is 6.72. The van der Waals surface area contributed by atoms with E-state index in [1.165, 1.54) is 6.07 Å². The third-order valence-corrected chi connectivity index (χ3v) is 3.71. The van der Waals surface area contributed by atoms with Crippen molar-refractivity contribution in [3.63, 3.8) is 0 Å². The standard InChI is InChI=1S/C15H14BrF2N/c1-9-2-4-12(16)11(6-9)15(19)8-10-3-5-13(17)14(18)7-10/h2-7,15H,8,19H2,1H3. The Morgan fingerprint density at radius 1 is 1.11 bits per heavy atom. The van der Waals surface area contributed by atoms with Crippen molar-refractivity contribution in [2.24, 2.45) is 5.73 Å². The quantitative estimate of drug-likeness (QED) is 0.895. The maximum atomic E-state index is 13.2. The second kappa shape index (κ2) is 5.80. The van der Waals surface area contributed by atoms with Gasteiger partial charge in [-0.15, -0.1) is 0 Å². The van der Waals surface area contributed by atoms with Gasteiger partial charge in [0.2, 0.25) is 0 Å². The van der Waals surface area contributed by atoms with Gasteiger partial charge in [-0.2, -0.15) is 0 Å². The number of hydrogen-bond donors (Lipinski definition) is 1. The minimum Gasteiger partial charge on any atom is -0.324 e. The lowest BCUT2D eigenvalue weighted by Gasteiger charge is -2.15. The Morgan fingerprint density at radius 3 is 2.53 bits per heavy atom. The Morgan fingerprint density at radius 2 is 1.84 bits per heavy atom. The largest absolute Gasteiger partial charge is 0.324 e. The van der Waals surface area contributed by atoms with E-state index in [1.54, 1.807) is 6.07 Å². The summed E-state index contributed by atoms with van der Waals surface area (Å²) < 4.78 is 26.9. The fourth-order valence-corrected chi connectivity index (χ4v) is 2.52. The molecule has 2 aromatic rings. The molecule has 0 aliphatic rings. The lowest BCUT2D eigenvalue weighted by atomic mass is 9.98. The summed E-state index contributed by atoms with van der Waals surface area (Å²) >= 11 is 3.46. The van der Waals surface area contributed by atoms with Gasteiger partial charge in [0, 0.05) is 10.5 Å². The molecule has 0 fully saturated rings. The minimum atomic E-state index is -0.840. The molecular formula is C15H14BrF2N. The van der Waals surface area contributed by atoms with Crippen LogP contribution in [-0.2, 0) is 6.42 Å². The Hall–Kier alpha value is -1.26. The van der Waals surface area contributed by atoms with Crippen molar-refractivity contribution in [3.8, 4) is 0 Å². The molecule has 0 aliphatic carbocycles. The maximum Gasteiger partial charge on any atom is 0.159 e. The molecule has 2 rings (SSSR count). The molecule has 0 heterocycles. The summed E-state index contributed by atoms with van der Waals surface area (Å²) in [6.45, 7) is 1.99. The molecule has 0 amide bonds. The highest BCUT2D eigenvalue weighted by molar-refractivity contribution is 9.10. The monoisotopic (exact) mass is 325 g/mol. The van der Waals surface area contributed by atoms with E-state index in [-0.39, 0.29) is 6.04 Å². The molecule has 1 unspecified atom stereocenters. The second-order valence-corrected chi connectivity index (χ2v) is 5.44. The van der Waals surface area contributed by atoms with Gasteiger partial charge in [0.15, 0.2) is 11.6 Å². The lowest BCUT2D eigenvalue weighted by molar-refractivity contribution is 0.506. The van der Waals surface area contributed by atoms with Crippen molar-refractivity contribution < 1.29 is 8.78 Å². The molecule has 100 valence electrons. The summed E-state index contributed by atoms with van der Waals surface area (Å²) in [5.41, 5.74) is 8.89. The van der Waals surface area contributed by atoms with Crippen LogP contribution in [0.2, 0.25) is 0 Å². The first kappa shape index (κ1) is 14.2. The minimum absolute atomic E-state index is 0.265. The number of aryl methyl sites for hydroxylation is 1. The summed E-state index contributed by atoms with van der Waals surface area (Å²) in [6.07, 6.45) is 0.458. The molecule has 2 N–H and O–H groups in total. The molecule has 0 radical (unpaired) electrons. The van der Waals surface area contributed by atoms with Gasteiger partial charge in [-0.25, -0.2) is 8.78 Å². The SMILES string of the molecule is Cc1ccc(Br)c(C(N)Cc2ccc(F)c(F)c2)c1. The van der Waals surface area contributed by atoms with Crippen LogP contribution in [0.5, 0.6) is 0 Å². The van der Waals surface area contributed by atoms with Gasteiger partial charge in [0.25, 0.3) is 0 Å². The van der Waals surface area contributed by atoms with Crippen LogP contribution >= 0.6 is 15.9 Å². The maximum absolute atomic E-state index is 13.2. The number of hydrogen-bond acceptors (Lipinski definition) is 1. The van der Waals surface area contributed by atoms with Crippen LogP contribution in [0.3, 0.4) is 0 Å². The summed E-state index contributed by atoms with van der Waals surface area (Å²) in [5.74, 6) is -1.68. The zero-order valence-corrected chi connectivity index (χ0v) is 12.0. The van der Waals surface area contributed by atoms with E-state index >= 15 is 0 Å². The normalized spacial score (nSPS) is 12.5. The summed E-state index contributed by atoms with van der Waals surface area (Å²) in [6, 6.07) is 9.53. The van der Waals surface area contributed by atoms with Gasteiger partial charge in [-0.05, 0) is 42.7 Å². The zero-order chi connectivity index (χ0) is 14.0. The molecule has 0 spiro atoms. The molecule has 0 aromatic heterocycles. The van der Waals surface area contributed by atoms with E-state index in [2.05, 4.69) is 15.9 Å². The van der Waals surface area contributed by atoms with E-state index in [0.717, 1.165) is 21.7 Å². The Kier molecular flexibility index (Phi) is 4.32. The molecule has 4 heteroatoms. The number of benzene rings is 2. The fraction of sp³-hybridized carbons (Fsp3) is 0.200. The van der Waals surface area contributed by atoms with Gasteiger partial charge in [0.05, 0.1) is 0 Å². The van der Waals surface area contributed by atoms with Crippen molar-refractivity contribution in [1.29, 1.82) is 0 Å².